The van der Waals surface area contributed by atoms with Crippen molar-refractivity contribution in [3.63, 3.8) is 0 Å². The van der Waals surface area contributed by atoms with E-state index in [1.165, 1.54) is 11.0 Å². The van der Waals surface area contributed by atoms with Crippen LogP contribution in [0.15, 0.2) is 78.9 Å². The first-order valence-electron chi connectivity index (χ1n) is 10.1. The average Bonchev–Trinajstić information content (AvgIpc) is 2.77. The van der Waals surface area contributed by atoms with Crippen LogP contribution in [0.1, 0.15) is 36.0 Å². The molecule has 2 amide bonds. The highest BCUT2D eigenvalue weighted by Gasteiger charge is 2.15. The van der Waals surface area contributed by atoms with Gasteiger partial charge in [-0.3, -0.25) is 9.69 Å². The molecule has 154 valence electrons. The zero-order chi connectivity index (χ0) is 21.3. The molecule has 0 heterocycles. The van der Waals surface area contributed by atoms with E-state index < -0.39 is 6.03 Å². The first-order valence-corrected chi connectivity index (χ1v) is 10.1. The minimum atomic E-state index is -0.605. The number of hydrogen-bond acceptors (Lipinski definition) is 3. The minimum Gasteiger partial charge on any atom is -0.506 e. The van der Waals surface area contributed by atoms with Crippen molar-refractivity contribution in [2.75, 3.05) is 11.4 Å². The Morgan fingerprint density at radius 2 is 1.40 bits per heavy atom. The van der Waals surface area contributed by atoms with Gasteiger partial charge in [0.05, 0.1) is 5.69 Å². The van der Waals surface area contributed by atoms with Gasteiger partial charge in [0.1, 0.15) is 5.75 Å². The van der Waals surface area contributed by atoms with Gasteiger partial charge in [0, 0.05) is 18.5 Å². The Kier molecular flexibility index (Phi) is 7.22. The van der Waals surface area contributed by atoms with Gasteiger partial charge in [-0.25, -0.2) is 4.79 Å². The number of ketones is 1. The number of primary amides is 1. The van der Waals surface area contributed by atoms with Crippen LogP contribution >= 0.6 is 0 Å². The van der Waals surface area contributed by atoms with Crippen LogP contribution in [0, 0.1) is 0 Å². The number of aromatic hydroxyl groups is 1. The summed E-state index contributed by atoms with van der Waals surface area (Å²) in [6.07, 6.45) is 2.66. The molecule has 0 radical (unpaired) electrons. The van der Waals surface area contributed by atoms with E-state index >= 15 is 0 Å². The second kappa shape index (κ2) is 10.3. The molecule has 5 heteroatoms. The van der Waals surface area contributed by atoms with Crippen molar-refractivity contribution < 1.29 is 14.7 Å². The van der Waals surface area contributed by atoms with Crippen molar-refractivity contribution in [3.8, 4) is 16.9 Å². The number of para-hydroxylation sites is 2. The zero-order valence-corrected chi connectivity index (χ0v) is 16.8. The fourth-order valence-electron chi connectivity index (χ4n) is 3.40. The van der Waals surface area contributed by atoms with E-state index in [0.29, 0.717) is 30.6 Å². The van der Waals surface area contributed by atoms with Crippen LogP contribution in [-0.2, 0) is 0 Å². The van der Waals surface area contributed by atoms with E-state index in [4.69, 9.17) is 5.73 Å². The van der Waals surface area contributed by atoms with Gasteiger partial charge in [0.15, 0.2) is 5.78 Å². The zero-order valence-electron chi connectivity index (χ0n) is 16.8. The number of nitrogens with two attached hydrogens (primary N) is 1. The number of urea groups is 1. The lowest BCUT2D eigenvalue weighted by atomic mass is 10.0. The molecule has 0 atom stereocenters. The SMILES string of the molecule is NC(=O)N(CCCCCC(=O)c1ccc(-c2ccccc2)cc1)c1ccccc1O. The number of hydrogen-bond donors (Lipinski definition) is 2. The van der Waals surface area contributed by atoms with Crippen molar-refractivity contribution in [1.82, 2.24) is 0 Å². The van der Waals surface area contributed by atoms with Crippen LogP contribution in [0.2, 0.25) is 0 Å². The van der Waals surface area contributed by atoms with E-state index in [-0.39, 0.29) is 11.5 Å². The Morgan fingerprint density at radius 3 is 2.07 bits per heavy atom. The van der Waals surface area contributed by atoms with E-state index in [2.05, 4.69) is 0 Å². The Labute approximate surface area is 176 Å². The van der Waals surface area contributed by atoms with Gasteiger partial charge in [-0.15, -0.1) is 0 Å². The Balaban J connectivity index is 1.46. The van der Waals surface area contributed by atoms with Gasteiger partial charge in [0.25, 0.3) is 0 Å². The van der Waals surface area contributed by atoms with Gasteiger partial charge in [0.2, 0.25) is 0 Å². The number of benzene rings is 3. The highest BCUT2D eigenvalue weighted by Crippen LogP contribution is 2.26. The summed E-state index contributed by atoms with van der Waals surface area (Å²) in [6, 6.07) is 23.7. The summed E-state index contributed by atoms with van der Waals surface area (Å²) in [5.41, 5.74) is 8.78. The molecule has 0 aromatic heterocycles. The predicted molar refractivity (Wildman–Crippen MR) is 120 cm³/mol. The smallest absolute Gasteiger partial charge is 0.319 e. The Hall–Kier alpha value is -3.60. The monoisotopic (exact) mass is 402 g/mol. The lowest BCUT2D eigenvalue weighted by Crippen LogP contribution is -2.36. The molecule has 0 aliphatic heterocycles. The fraction of sp³-hybridized carbons (Fsp3) is 0.200. The van der Waals surface area contributed by atoms with Crippen molar-refractivity contribution in [2.45, 2.75) is 25.7 Å². The third-order valence-corrected chi connectivity index (χ3v) is 5.04. The summed E-state index contributed by atoms with van der Waals surface area (Å²) in [4.78, 5) is 25.5. The van der Waals surface area contributed by atoms with Crippen LogP contribution in [0.3, 0.4) is 0 Å². The Bertz CT molecular complexity index is 985. The molecule has 3 rings (SSSR count). The van der Waals surface area contributed by atoms with Gasteiger partial charge in [-0.1, -0.05) is 73.2 Å². The number of Topliss-reactive ketones (excluding diaryl/α,β-unsaturated/α-hetero) is 1. The number of rotatable bonds is 9. The standard InChI is InChI=1S/C25H26N2O3/c26-25(30)27(22-11-6-7-13-24(22)29)18-8-2-5-12-23(28)21-16-14-20(15-17-21)19-9-3-1-4-10-19/h1,3-4,6-7,9-11,13-17,29H,2,5,8,12,18H2,(H2,26,30). The molecular weight excluding hydrogens is 376 g/mol. The van der Waals surface area contributed by atoms with Crippen LogP contribution in [0.25, 0.3) is 11.1 Å². The maximum absolute atomic E-state index is 12.4. The van der Waals surface area contributed by atoms with Crippen molar-refractivity contribution in [3.05, 3.63) is 84.4 Å². The number of carbonyl (C=O) groups is 2. The quantitative estimate of drug-likeness (QED) is 0.372. The van der Waals surface area contributed by atoms with Crippen molar-refractivity contribution >= 4 is 17.5 Å². The molecule has 5 nitrogen and oxygen atoms in total. The number of nitrogens with zero attached hydrogens (tertiary/aromatic N) is 1. The van der Waals surface area contributed by atoms with Crippen LogP contribution in [0.4, 0.5) is 10.5 Å². The summed E-state index contributed by atoms with van der Waals surface area (Å²) >= 11 is 0. The summed E-state index contributed by atoms with van der Waals surface area (Å²) in [5.74, 6) is 0.132. The lowest BCUT2D eigenvalue weighted by molar-refractivity contribution is 0.0979. The molecule has 0 unspecified atom stereocenters. The molecule has 0 saturated carbocycles. The van der Waals surface area contributed by atoms with E-state index in [1.807, 2.05) is 54.6 Å². The Morgan fingerprint density at radius 1 is 0.767 bits per heavy atom. The third-order valence-electron chi connectivity index (χ3n) is 5.04. The van der Waals surface area contributed by atoms with E-state index in [1.54, 1.807) is 18.2 Å². The maximum atomic E-state index is 12.4. The summed E-state index contributed by atoms with van der Waals surface area (Å²) in [5, 5.41) is 9.93. The minimum absolute atomic E-state index is 0.0189. The number of unbranched alkanes of at least 4 members (excludes halogenated alkanes) is 2. The summed E-state index contributed by atoms with van der Waals surface area (Å²) < 4.78 is 0. The molecule has 30 heavy (non-hydrogen) atoms. The number of amides is 2. The topological polar surface area (TPSA) is 83.6 Å². The van der Waals surface area contributed by atoms with E-state index in [0.717, 1.165) is 24.0 Å². The van der Waals surface area contributed by atoms with Crippen molar-refractivity contribution in [2.24, 2.45) is 5.73 Å². The number of phenols is 1. The first-order chi connectivity index (χ1) is 14.6. The summed E-state index contributed by atoms with van der Waals surface area (Å²) in [6.45, 7) is 0.396. The number of phenolic OH excluding ortho intramolecular Hbond substituents is 1. The van der Waals surface area contributed by atoms with Crippen LogP contribution in [-0.4, -0.2) is 23.5 Å². The molecular formula is C25H26N2O3. The molecule has 3 aromatic rings. The molecule has 0 saturated heterocycles. The lowest BCUT2D eigenvalue weighted by Gasteiger charge is -2.21. The fourth-order valence-corrected chi connectivity index (χ4v) is 3.40. The van der Waals surface area contributed by atoms with Crippen LogP contribution in [0.5, 0.6) is 5.75 Å². The van der Waals surface area contributed by atoms with Gasteiger partial charge >= 0.3 is 6.03 Å². The highest BCUT2D eigenvalue weighted by atomic mass is 16.3. The van der Waals surface area contributed by atoms with Crippen LogP contribution < -0.4 is 10.6 Å². The van der Waals surface area contributed by atoms with Gasteiger partial charge < -0.3 is 10.8 Å². The molecule has 0 bridgehead atoms. The number of carbonyl (C=O) groups excluding carboxylic acids is 2. The van der Waals surface area contributed by atoms with E-state index in [9.17, 15) is 14.7 Å². The van der Waals surface area contributed by atoms with Crippen molar-refractivity contribution in [1.29, 1.82) is 0 Å². The van der Waals surface area contributed by atoms with Gasteiger partial charge in [-0.05, 0) is 36.1 Å². The normalized spacial score (nSPS) is 10.5. The largest absolute Gasteiger partial charge is 0.506 e. The first kappa shape index (κ1) is 21.1. The maximum Gasteiger partial charge on any atom is 0.319 e. The predicted octanol–water partition coefficient (Wildman–Crippen LogP) is 5.39. The molecule has 0 fully saturated rings. The molecule has 3 aromatic carbocycles. The van der Waals surface area contributed by atoms with Gasteiger partial charge in [-0.2, -0.15) is 0 Å². The molecule has 0 spiro atoms. The average molecular weight is 402 g/mol. The second-order valence-electron chi connectivity index (χ2n) is 7.16. The molecule has 0 aliphatic carbocycles. The second-order valence-corrected chi connectivity index (χ2v) is 7.16. The molecule has 3 N–H and O–H groups in total. The number of anilines is 1. The third kappa shape index (κ3) is 5.47. The summed E-state index contributed by atoms with van der Waals surface area (Å²) in [7, 11) is 0. The highest BCUT2D eigenvalue weighted by molar-refractivity contribution is 5.96. The molecule has 0 aliphatic rings.